The highest BCUT2D eigenvalue weighted by Crippen LogP contribution is 2.39. The summed E-state index contributed by atoms with van der Waals surface area (Å²) in [6.45, 7) is 7.21. The van der Waals surface area contributed by atoms with E-state index < -0.39 is 93.3 Å². The Bertz CT molecular complexity index is 1930. The van der Waals surface area contributed by atoms with Gasteiger partial charge in [-0.1, -0.05) is 26.8 Å². The third-order valence-electron chi connectivity index (χ3n) is 8.81. The Hall–Kier alpha value is -4.88. The summed E-state index contributed by atoms with van der Waals surface area (Å²) in [6.07, 6.45) is -9.47. The number of alkyl halides is 6. The van der Waals surface area contributed by atoms with E-state index in [4.69, 9.17) is 9.47 Å². The number of benzene rings is 2. The number of ether oxygens (including phenoxy) is 2. The molecule has 2 amide bonds. The SMILES string of the molecule is CN1[C@@H](C(C)(C)C)C(O)=C(C(=O)Nc2ccc(C(F)(F)F)cc2-c2cc(C(F)(F)F)ncn2)C(=O)N1Cc1ccc(OCCN2CCOCC2)c(F)c1F. The maximum atomic E-state index is 15.5. The molecule has 3 heterocycles. The number of carbonyl (C=O) groups excluding carboxylic acids is 2. The summed E-state index contributed by atoms with van der Waals surface area (Å²) in [5.41, 5.74) is -6.68. The van der Waals surface area contributed by atoms with Crippen molar-refractivity contribution in [2.75, 3.05) is 51.8 Å². The molecule has 54 heavy (non-hydrogen) atoms. The van der Waals surface area contributed by atoms with Crippen LogP contribution in [0.25, 0.3) is 11.3 Å². The number of hydrogen-bond donors (Lipinski definition) is 2. The first-order chi connectivity index (χ1) is 25.2. The average molecular weight is 773 g/mol. The molecule has 0 bridgehead atoms. The summed E-state index contributed by atoms with van der Waals surface area (Å²) in [5.74, 6) is -6.34. The number of carbonyl (C=O) groups is 2. The number of hydrogen-bond acceptors (Lipinski definition) is 9. The van der Waals surface area contributed by atoms with E-state index in [-0.39, 0.29) is 17.9 Å². The topological polar surface area (TPSA) is 120 Å². The molecule has 1 aromatic heterocycles. The molecule has 1 saturated heterocycles. The van der Waals surface area contributed by atoms with Crippen LogP contribution in [0.3, 0.4) is 0 Å². The normalized spacial score (nSPS) is 18.0. The van der Waals surface area contributed by atoms with Crippen LogP contribution in [-0.2, 0) is 33.2 Å². The summed E-state index contributed by atoms with van der Waals surface area (Å²) in [4.78, 5) is 36.6. The highest BCUT2D eigenvalue weighted by Gasteiger charge is 2.46. The van der Waals surface area contributed by atoms with Gasteiger partial charge in [-0.25, -0.2) is 19.4 Å². The van der Waals surface area contributed by atoms with Crippen molar-refractivity contribution in [2.24, 2.45) is 5.41 Å². The number of amides is 2. The molecule has 1 fully saturated rings. The molecule has 0 spiro atoms. The number of aliphatic hydroxyl groups is 1. The first-order valence-electron chi connectivity index (χ1n) is 16.5. The quantitative estimate of drug-likeness (QED) is 0.193. The van der Waals surface area contributed by atoms with Gasteiger partial charge in [0.05, 0.1) is 42.7 Å². The zero-order chi connectivity index (χ0) is 39.7. The lowest BCUT2D eigenvalue weighted by Crippen LogP contribution is -2.59. The second-order valence-corrected chi connectivity index (χ2v) is 13.6. The summed E-state index contributed by atoms with van der Waals surface area (Å²) in [6, 6.07) is 3.38. The van der Waals surface area contributed by atoms with Gasteiger partial charge in [0.1, 0.15) is 30.0 Å². The van der Waals surface area contributed by atoms with Crippen molar-refractivity contribution in [1.82, 2.24) is 24.9 Å². The van der Waals surface area contributed by atoms with Crippen LogP contribution in [0.5, 0.6) is 5.75 Å². The van der Waals surface area contributed by atoms with Gasteiger partial charge in [0.25, 0.3) is 11.8 Å². The molecule has 19 heteroatoms. The highest BCUT2D eigenvalue weighted by molar-refractivity contribution is 6.24. The van der Waals surface area contributed by atoms with Crippen LogP contribution in [0.4, 0.5) is 40.8 Å². The standard InChI is InChI=1S/C35H36F8N6O5/c1-33(2,3)30-29(50)26(31(51)46-22-7-6-20(34(38,39)40)15-21(22)23-16-25(35(41,42)43)45-18-44-23)32(52)49(47(30)4)17-19-5-8-24(28(37)27(19)36)54-14-11-48-9-12-53-13-10-48/h5-8,15-16,18,30,50H,9-14,17H2,1-4H3,(H,46,51)/t30-/m1/s1. The van der Waals surface area contributed by atoms with E-state index in [1.165, 1.54) is 24.2 Å². The predicted octanol–water partition coefficient (Wildman–Crippen LogP) is 6.22. The fourth-order valence-corrected chi connectivity index (χ4v) is 6.16. The third-order valence-corrected chi connectivity index (χ3v) is 8.81. The number of likely N-dealkylation sites (N-methyl/N-ethyl adjacent to an activating group) is 1. The Morgan fingerprint density at radius 2 is 1.67 bits per heavy atom. The lowest BCUT2D eigenvalue weighted by Gasteiger charge is -2.46. The zero-order valence-corrected chi connectivity index (χ0v) is 29.4. The van der Waals surface area contributed by atoms with Gasteiger partial charge < -0.3 is 19.9 Å². The first kappa shape index (κ1) is 40.3. The molecular formula is C35H36F8N6O5. The zero-order valence-electron chi connectivity index (χ0n) is 29.4. The Balaban J connectivity index is 1.46. The monoisotopic (exact) mass is 772 g/mol. The van der Waals surface area contributed by atoms with Crippen LogP contribution in [-0.4, -0.2) is 94.4 Å². The molecule has 3 aromatic rings. The van der Waals surface area contributed by atoms with Crippen molar-refractivity contribution in [3.63, 3.8) is 0 Å². The number of nitrogens with zero attached hydrogens (tertiary/aromatic N) is 5. The van der Waals surface area contributed by atoms with Gasteiger partial charge in [-0.2, -0.15) is 30.7 Å². The minimum Gasteiger partial charge on any atom is -0.509 e. The van der Waals surface area contributed by atoms with E-state index in [9.17, 15) is 41.0 Å². The molecule has 2 aliphatic heterocycles. The molecular weight excluding hydrogens is 736 g/mol. The van der Waals surface area contributed by atoms with E-state index in [0.717, 1.165) is 11.1 Å². The van der Waals surface area contributed by atoms with Gasteiger partial charge >= 0.3 is 12.4 Å². The lowest BCUT2D eigenvalue weighted by molar-refractivity contribution is -0.158. The smallest absolute Gasteiger partial charge is 0.433 e. The van der Waals surface area contributed by atoms with Gasteiger partial charge in [-0.15, -0.1) is 0 Å². The molecule has 0 unspecified atom stereocenters. The molecule has 0 aliphatic carbocycles. The molecule has 5 rings (SSSR count). The van der Waals surface area contributed by atoms with Crippen molar-refractivity contribution < 1.29 is 59.3 Å². The Kier molecular flexibility index (Phi) is 11.5. The second kappa shape index (κ2) is 15.5. The van der Waals surface area contributed by atoms with Crippen molar-refractivity contribution in [3.8, 4) is 17.0 Å². The van der Waals surface area contributed by atoms with Crippen LogP contribution >= 0.6 is 0 Å². The summed E-state index contributed by atoms with van der Waals surface area (Å²) in [5, 5.41) is 15.7. The van der Waals surface area contributed by atoms with Gasteiger partial charge in [0, 0.05) is 37.8 Å². The van der Waals surface area contributed by atoms with Crippen molar-refractivity contribution in [2.45, 2.75) is 45.7 Å². The second-order valence-electron chi connectivity index (χ2n) is 13.6. The number of rotatable bonds is 9. The molecule has 2 N–H and O–H groups in total. The molecule has 1 atom stereocenters. The molecule has 292 valence electrons. The predicted molar refractivity (Wildman–Crippen MR) is 176 cm³/mol. The average Bonchev–Trinajstić information content (AvgIpc) is 3.08. The van der Waals surface area contributed by atoms with Gasteiger partial charge in [-0.05, 0) is 35.7 Å². The van der Waals surface area contributed by atoms with Crippen LogP contribution < -0.4 is 10.1 Å². The summed E-state index contributed by atoms with van der Waals surface area (Å²) in [7, 11) is 1.37. The highest BCUT2D eigenvalue weighted by atomic mass is 19.4. The Labute approximate surface area is 304 Å². The molecule has 11 nitrogen and oxygen atoms in total. The van der Waals surface area contributed by atoms with E-state index in [2.05, 4.69) is 15.3 Å². The summed E-state index contributed by atoms with van der Waals surface area (Å²) < 4.78 is 123. The minimum atomic E-state index is -5.00. The van der Waals surface area contributed by atoms with Crippen LogP contribution in [0.2, 0.25) is 0 Å². The van der Waals surface area contributed by atoms with E-state index in [1.807, 2.05) is 4.90 Å². The largest absolute Gasteiger partial charge is 0.509 e. The molecule has 0 radical (unpaired) electrons. The Morgan fingerprint density at radius 1 is 0.981 bits per heavy atom. The molecule has 0 saturated carbocycles. The number of aromatic nitrogens is 2. The summed E-state index contributed by atoms with van der Waals surface area (Å²) >= 11 is 0. The van der Waals surface area contributed by atoms with Crippen molar-refractivity contribution in [1.29, 1.82) is 0 Å². The van der Waals surface area contributed by atoms with Crippen molar-refractivity contribution in [3.05, 3.63) is 82.5 Å². The number of nitrogens with one attached hydrogen (secondary N) is 1. The van der Waals surface area contributed by atoms with Gasteiger partial charge in [-0.3, -0.25) is 19.5 Å². The van der Waals surface area contributed by atoms with Gasteiger partial charge in [0.15, 0.2) is 11.6 Å². The minimum absolute atomic E-state index is 0.0558. The van der Waals surface area contributed by atoms with Crippen LogP contribution in [0.1, 0.15) is 37.6 Å². The van der Waals surface area contributed by atoms with Crippen LogP contribution in [0, 0.1) is 17.0 Å². The van der Waals surface area contributed by atoms with E-state index >= 15 is 8.78 Å². The number of anilines is 1. The number of halogens is 8. The Morgan fingerprint density at radius 3 is 2.30 bits per heavy atom. The first-order valence-corrected chi connectivity index (χ1v) is 16.5. The number of hydrazine groups is 1. The fraction of sp³-hybridized carbons (Fsp3) is 0.429. The van der Waals surface area contributed by atoms with Crippen LogP contribution in [0.15, 0.2) is 54.1 Å². The number of aliphatic hydroxyl groups excluding tert-OH is 1. The maximum absolute atomic E-state index is 15.5. The third kappa shape index (κ3) is 8.73. The lowest BCUT2D eigenvalue weighted by atomic mass is 9.82. The maximum Gasteiger partial charge on any atom is 0.433 e. The van der Waals surface area contributed by atoms with E-state index in [0.29, 0.717) is 57.4 Å². The number of morpholine rings is 1. The fourth-order valence-electron chi connectivity index (χ4n) is 6.16. The molecule has 2 aliphatic rings. The van der Waals surface area contributed by atoms with E-state index in [1.54, 1.807) is 20.8 Å². The molecule has 2 aromatic carbocycles. The van der Waals surface area contributed by atoms with Gasteiger partial charge in [0.2, 0.25) is 5.82 Å². The van der Waals surface area contributed by atoms with Crippen molar-refractivity contribution >= 4 is 17.5 Å².